The van der Waals surface area contributed by atoms with Crippen LogP contribution >= 0.6 is 22.9 Å². The minimum absolute atomic E-state index is 0.133. The molecular formula is C21H14ClF2NO3S. The van der Waals surface area contributed by atoms with Crippen LogP contribution in [0, 0.1) is 11.6 Å². The van der Waals surface area contributed by atoms with Gasteiger partial charge in [0.05, 0.1) is 12.7 Å². The van der Waals surface area contributed by atoms with Crippen LogP contribution in [0.5, 0.6) is 5.75 Å². The largest absolute Gasteiger partial charge is 0.493 e. The molecule has 0 aliphatic carbocycles. The Bertz CT molecular complexity index is 1160. The smallest absolute Gasteiger partial charge is 0.243 e. The summed E-state index contributed by atoms with van der Waals surface area (Å²) < 4.78 is 33.2. The van der Waals surface area contributed by atoms with Crippen molar-refractivity contribution in [1.29, 1.82) is 0 Å². The number of carbonyl (C=O) groups is 2. The van der Waals surface area contributed by atoms with Gasteiger partial charge in [-0.05, 0) is 24.6 Å². The molecule has 1 N–H and O–H groups in total. The third-order valence-corrected chi connectivity index (χ3v) is 6.42. The van der Waals surface area contributed by atoms with Crippen LogP contribution in [-0.2, 0) is 10.2 Å². The molecule has 1 unspecified atom stereocenters. The van der Waals surface area contributed by atoms with Crippen LogP contribution in [-0.4, -0.2) is 18.8 Å². The van der Waals surface area contributed by atoms with Crippen molar-refractivity contribution in [3.8, 4) is 16.9 Å². The van der Waals surface area contributed by atoms with E-state index >= 15 is 0 Å². The Morgan fingerprint density at radius 2 is 1.76 bits per heavy atom. The second-order valence-electron chi connectivity index (χ2n) is 6.67. The maximum atomic E-state index is 14.3. The van der Waals surface area contributed by atoms with E-state index < -0.39 is 28.7 Å². The molecule has 0 radical (unpaired) electrons. The molecule has 2 heterocycles. The van der Waals surface area contributed by atoms with Crippen LogP contribution < -0.4 is 10.1 Å². The number of rotatable bonds is 3. The van der Waals surface area contributed by atoms with Crippen LogP contribution in [0.15, 0.2) is 42.5 Å². The molecule has 2 aromatic carbocycles. The second kappa shape index (κ2) is 6.93. The van der Waals surface area contributed by atoms with Gasteiger partial charge in [-0.1, -0.05) is 41.9 Å². The number of ketones is 1. The molecule has 4 nitrogen and oxygen atoms in total. The first-order chi connectivity index (χ1) is 13.8. The normalized spacial score (nSPS) is 18.4. The molecule has 1 aliphatic heterocycles. The lowest BCUT2D eigenvalue weighted by atomic mass is 9.73. The maximum absolute atomic E-state index is 14.3. The molecule has 4 rings (SSSR count). The van der Waals surface area contributed by atoms with Gasteiger partial charge in [-0.15, -0.1) is 11.3 Å². The summed E-state index contributed by atoms with van der Waals surface area (Å²) >= 11 is 7.37. The molecule has 0 spiro atoms. The highest BCUT2D eigenvalue weighted by Gasteiger charge is 2.49. The van der Waals surface area contributed by atoms with Crippen LogP contribution in [0.3, 0.4) is 0 Å². The molecule has 0 saturated carbocycles. The number of halogens is 3. The van der Waals surface area contributed by atoms with Crippen molar-refractivity contribution in [1.82, 2.24) is 0 Å². The van der Waals surface area contributed by atoms with E-state index in [1.165, 1.54) is 20.1 Å². The van der Waals surface area contributed by atoms with Gasteiger partial charge in [-0.2, -0.15) is 4.39 Å². The van der Waals surface area contributed by atoms with E-state index in [1.54, 1.807) is 30.3 Å². The summed E-state index contributed by atoms with van der Waals surface area (Å²) in [6.45, 7) is 1.53. The van der Waals surface area contributed by atoms with Crippen molar-refractivity contribution in [2.75, 3.05) is 12.4 Å². The number of methoxy groups -OCH3 is 1. The highest BCUT2D eigenvalue weighted by molar-refractivity contribution is 7.21. The number of nitrogens with one attached hydrogen (secondary N) is 1. The number of fused-ring (bicyclic) bond motifs is 1. The number of hydrogen-bond donors (Lipinski definition) is 1. The van der Waals surface area contributed by atoms with Gasteiger partial charge in [0.2, 0.25) is 11.7 Å². The molecule has 0 bridgehead atoms. The van der Waals surface area contributed by atoms with E-state index in [4.69, 9.17) is 16.3 Å². The molecule has 8 heteroatoms. The minimum Gasteiger partial charge on any atom is -0.493 e. The van der Waals surface area contributed by atoms with Crippen LogP contribution in [0.1, 0.15) is 22.8 Å². The Morgan fingerprint density at radius 3 is 2.41 bits per heavy atom. The summed E-state index contributed by atoms with van der Waals surface area (Å²) in [4.78, 5) is 26.5. The molecule has 148 valence electrons. The highest BCUT2D eigenvalue weighted by atomic mass is 35.5. The third-order valence-electron chi connectivity index (χ3n) is 5.10. The predicted octanol–water partition coefficient (Wildman–Crippen LogP) is 5.45. The van der Waals surface area contributed by atoms with Crippen LogP contribution in [0.25, 0.3) is 11.1 Å². The maximum Gasteiger partial charge on any atom is 0.243 e. The molecule has 0 saturated heterocycles. The summed E-state index contributed by atoms with van der Waals surface area (Å²) in [6.07, 6.45) is 0. The average molecular weight is 434 g/mol. The SMILES string of the molecule is COc1c(-c2c(Cl)sc3c2C(=O)C(C)(c2ccccc2)C(=O)N3)ccc(F)c1F. The van der Waals surface area contributed by atoms with Crippen LogP contribution in [0.2, 0.25) is 4.34 Å². The number of hydrogen-bond acceptors (Lipinski definition) is 4. The Morgan fingerprint density at radius 1 is 1.07 bits per heavy atom. The Hall–Kier alpha value is -2.77. The number of thiophene rings is 1. The predicted molar refractivity (Wildman–Crippen MR) is 108 cm³/mol. The zero-order chi connectivity index (χ0) is 20.9. The molecule has 1 aliphatic rings. The monoisotopic (exact) mass is 433 g/mol. The lowest BCUT2D eigenvalue weighted by molar-refractivity contribution is -0.119. The van der Waals surface area contributed by atoms with E-state index in [-0.39, 0.29) is 31.8 Å². The van der Waals surface area contributed by atoms with E-state index in [0.29, 0.717) is 5.56 Å². The third kappa shape index (κ3) is 2.76. The molecular weight excluding hydrogens is 420 g/mol. The van der Waals surface area contributed by atoms with Gasteiger partial charge in [0.15, 0.2) is 17.3 Å². The van der Waals surface area contributed by atoms with E-state index in [2.05, 4.69) is 5.32 Å². The fraction of sp³-hybridized carbons (Fsp3) is 0.143. The quantitative estimate of drug-likeness (QED) is 0.559. The number of anilines is 1. The summed E-state index contributed by atoms with van der Waals surface area (Å²) in [5, 5.41) is 3.00. The van der Waals surface area contributed by atoms with Crippen molar-refractivity contribution in [3.05, 3.63) is 69.6 Å². The van der Waals surface area contributed by atoms with E-state index in [9.17, 15) is 18.4 Å². The summed E-state index contributed by atoms with van der Waals surface area (Å²) in [5.41, 5.74) is -0.503. The number of Topliss-reactive ketones (excluding diaryl/α,β-unsaturated/α-hetero) is 1. The first kappa shape index (κ1) is 19.5. The summed E-state index contributed by atoms with van der Waals surface area (Å²) in [7, 11) is 1.20. The van der Waals surface area contributed by atoms with Gasteiger partial charge >= 0.3 is 0 Å². The molecule has 29 heavy (non-hydrogen) atoms. The van der Waals surface area contributed by atoms with Gasteiger partial charge in [-0.25, -0.2) is 4.39 Å². The molecule has 1 amide bonds. The topological polar surface area (TPSA) is 55.4 Å². The average Bonchev–Trinajstić information content (AvgIpc) is 3.04. The van der Waals surface area contributed by atoms with Gasteiger partial charge in [0.25, 0.3) is 0 Å². The zero-order valence-electron chi connectivity index (χ0n) is 15.3. The van der Waals surface area contributed by atoms with E-state index in [1.807, 2.05) is 0 Å². The van der Waals surface area contributed by atoms with Crippen molar-refractivity contribution in [2.24, 2.45) is 0 Å². The van der Waals surface area contributed by atoms with Crippen molar-refractivity contribution >= 4 is 39.6 Å². The number of benzene rings is 2. The lowest BCUT2D eigenvalue weighted by Gasteiger charge is -2.31. The van der Waals surface area contributed by atoms with Crippen LogP contribution in [0.4, 0.5) is 13.8 Å². The fourth-order valence-electron chi connectivity index (χ4n) is 3.49. The van der Waals surface area contributed by atoms with Gasteiger partial charge < -0.3 is 10.1 Å². The standard InChI is InChI=1S/C21H14ClF2NO3S/c1-21(10-6-4-3-5-7-10)17(26)14-13(18(22)29-19(14)25-20(21)27)11-8-9-12(23)15(24)16(11)28-2/h3-9H,1-2H3,(H,25,27). The van der Waals surface area contributed by atoms with E-state index in [0.717, 1.165) is 17.4 Å². The van der Waals surface area contributed by atoms with Gasteiger partial charge in [0, 0.05) is 11.1 Å². The molecule has 1 aromatic heterocycles. The number of amides is 1. The number of ether oxygens (including phenoxy) is 1. The zero-order valence-corrected chi connectivity index (χ0v) is 16.9. The Labute approximate surface area is 174 Å². The molecule has 1 atom stereocenters. The first-order valence-electron chi connectivity index (χ1n) is 8.57. The Kier molecular flexibility index (Phi) is 4.67. The first-order valence-corrected chi connectivity index (χ1v) is 9.76. The highest BCUT2D eigenvalue weighted by Crippen LogP contribution is 2.51. The summed E-state index contributed by atoms with van der Waals surface area (Å²) in [5.74, 6) is -3.59. The van der Waals surface area contributed by atoms with Gasteiger partial charge in [0.1, 0.15) is 14.8 Å². The van der Waals surface area contributed by atoms with Crippen molar-refractivity contribution < 1.29 is 23.1 Å². The van der Waals surface area contributed by atoms with Gasteiger partial charge in [-0.3, -0.25) is 9.59 Å². The Balaban J connectivity index is 1.98. The molecule has 3 aromatic rings. The fourth-order valence-corrected chi connectivity index (χ4v) is 4.85. The number of carbonyl (C=O) groups excluding carboxylic acids is 2. The van der Waals surface area contributed by atoms with Crippen molar-refractivity contribution in [2.45, 2.75) is 12.3 Å². The second-order valence-corrected chi connectivity index (χ2v) is 8.29. The lowest BCUT2D eigenvalue weighted by Crippen LogP contribution is -2.48. The molecule has 0 fully saturated rings. The van der Waals surface area contributed by atoms with Crippen molar-refractivity contribution in [3.63, 3.8) is 0 Å². The minimum atomic E-state index is -1.50. The summed E-state index contributed by atoms with van der Waals surface area (Å²) in [6, 6.07) is 10.9.